The Morgan fingerprint density at radius 1 is 0.609 bits per heavy atom. The van der Waals surface area contributed by atoms with Crippen molar-refractivity contribution in [3.8, 4) is 0 Å². The predicted molar refractivity (Wildman–Crippen MR) is 181 cm³/mol. The smallest absolute Gasteiger partial charge is 0.274 e. The van der Waals surface area contributed by atoms with Gasteiger partial charge in [0.15, 0.2) is 0 Å². The Morgan fingerprint density at radius 3 is 1.48 bits per heavy atom. The van der Waals surface area contributed by atoms with Crippen molar-refractivity contribution in [3.63, 3.8) is 0 Å². The summed E-state index contributed by atoms with van der Waals surface area (Å²) in [6.07, 6.45) is 3.75. The number of carbonyl (C=O) groups excluding carboxylic acids is 4. The average Bonchev–Trinajstić information content (AvgIpc) is 3.52. The Hall–Kier alpha value is -5.57. The second-order valence-electron chi connectivity index (χ2n) is 11.7. The first-order chi connectivity index (χ1) is 22.4. The summed E-state index contributed by atoms with van der Waals surface area (Å²) in [4.78, 5) is 61.1. The molecule has 0 atom stereocenters. The van der Waals surface area contributed by atoms with E-state index in [1.807, 2.05) is 48.5 Å². The fraction of sp³-hybridized carbons (Fsp3) is 0.216. The number of unbranched alkanes of at least 4 members (excludes halogenated alkanes) is 2. The number of amides is 4. The Bertz CT molecular complexity index is 1940. The van der Waals surface area contributed by atoms with Gasteiger partial charge in [0.05, 0.1) is 11.4 Å². The van der Waals surface area contributed by atoms with Gasteiger partial charge in [-0.25, -0.2) is 4.98 Å². The van der Waals surface area contributed by atoms with Crippen LogP contribution in [-0.2, 0) is 0 Å². The summed E-state index contributed by atoms with van der Waals surface area (Å²) in [5, 5.41) is 9.06. The molecule has 0 aliphatic carbocycles. The number of carbonyl (C=O) groups is 4. The van der Waals surface area contributed by atoms with Crippen LogP contribution in [-0.4, -0.2) is 41.7 Å². The standard InChI is InChI=1S/C37H33N5O4/c1-3-5-20-41-30-18-16-26(22-10-7-12-24(32(22)30)36(41)45)39-34(43)28-14-9-15-29(38-28)35(44)40-27-17-19-31-33-23(27)11-8-13-25(33)37(46)42(31)21-6-4-2/h7-19H,3-6,20-21H2,1-2H3,(H,39,43)(H,40,44). The van der Waals surface area contributed by atoms with Gasteiger partial charge in [-0.2, -0.15) is 0 Å². The second-order valence-corrected chi connectivity index (χ2v) is 11.7. The van der Waals surface area contributed by atoms with Crippen LogP contribution in [0.4, 0.5) is 22.7 Å². The molecule has 0 unspecified atom stereocenters. The second kappa shape index (κ2) is 11.7. The van der Waals surface area contributed by atoms with Crippen molar-refractivity contribution in [1.29, 1.82) is 0 Å². The highest BCUT2D eigenvalue weighted by molar-refractivity contribution is 6.28. The molecule has 0 saturated heterocycles. The summed E-state index contributed by atoms with van der Waals surface area (Å²) < 4.78 is 0. The molecule has 0 fully saturated rings. The largest absolute Gasteiger partial charge is 0.320 e. The third-order valence-corrected chi connectivity index (χ3v) is 8.75. The molecule has 0 spiro atoms. The van der Waals surface area contributed by atoms with Crippen LogP contribution in [0.5, 0.6) is 0 Å². The molecule has 2 aliphatic rings. The lowest BCUT2D eigenvalue weighted by atomic mass is 10.0. The third kappa shape index (κ3) is 4.75. The van der Waals surface area contributed by atoms with Crippen LogP contribution in [0.2, 0.25) is 0 Å². The van der Waals surface area contributed by atoms with Gasteiger partial charge in [0.1, 0.15) is 11.4 Å². The SMILES string of the molecule is CCCCN1C(=O)c2cccc3c(NC(=O)c4cccc(C(=O)Nc5ccc6c7c(cccc57)C(=O)N6CCCC)n4)ccc1c23. The van der Waals surface area contributed by atoms with E-state index in [1.54, 1.807) is 40.1 Å². The van der Waals surface area contributed by atoms with Gasteiger partial charge in [-0.1, -0.05) is 57.0 Å². The van der Waals surface area contributed by atoms with Crippen LogP contribution >= 0.6 is 0 Å². The monoisotopic (exact) mass is 611 g/mol. The molecular weight excluding hydrogens is 578 g/mol. The summed E-state index contributed by atoms with van der Waals surface area (Å²) in [6.45, 7) is 5.46. The number of pyridine rings is 1. The van der Waals surface area contributed by atoms with Crippen LogP contribution in [0, 0.1) is 0 Å². The molecule has 0 saturated carbocycles. The minimum atomic E-state index is -0.474. The van der Waals surface area contributed by atoms with Gasteiger partial charge in [-0.05, 0) is 61.4 Å². The predicted octanol–water partition coefficient (Wildman–Crippen LogP) is 7.41. The van der Waals surface area contributed by atoms with Crippen molar-refractivity contribution in [3.05, 3.63) is 101 Å². The first-order valence-electron chi connectivity index (χ1n) is 15.8. The number of benzene rings is 4. The van der Waals surface area contributed by atoms with Crippen LogP contribution in [0.15, 0.2) is 78.9 Å². The lowest BCUT2D eigenvalue weighted by molar-refractivity contribution is 0.0985. The molecule has 5 aromatic rings. The average molecular weight is 612 g/mol. The van der Waals surface area contributed by atoms with E-state index in [1.165, 1.54) is 0 Å². The molecule has 1 aromatic heterocycles. The summed E-state index contributed by atoms with van der Waals surface area (Å²) in [6, 6.07) is 23.1. The van der Waals surface area contributed by atoms with Crippen LogP contribution in [0.25, 0.3) is 21.5 Å². The zero-order valence-electron chi connectivity index (χ0n) is 25.7. The van der Waals surface area contributed by atoms with Gasteiger partial charge in [0.25, 0.3) is 23.6 Å². The van der Waals surface area contributed by atoms with Gasteiger partial charge >= 0.3 is 0 Å². The lowest BCUT2D eigenvalue weighted by Crippen LogP contribution is -2.27. The number of hydrogen-bond donors (Lipinski definition) is 2. The lowest BCUT2D eigenvalue weighted by Gasteiger charge is -2.18. The van der Waals surface area contributed by atoms with Crippen molar-refractivity contribution in [2.24, 2.45) is 0 Å². The molecule has 9 heteroatoms. The minimum absolute atomic E-state index is 0.0291. The molecule has 4 aromatic carbocycles. The fourth-order valence-electron chi connectivity index (χ4n) is 6.45. The Balaban J connectivity index is 1.13. The van der Waals surface area contributed by atoms with Gasteiger partial charge in [0.2, 0.25) is 0 Å². The number of aromatic nitrogens is 1. The van der Waals surface area contributed by atoms with Crippen molar-refractivity contribution >= 4 is 67.9 Å². The number of anilines is 4. The number of nitrogens with one attached hydrogen (secondary N) is 2. The van der Waals surface area contributed by atoms with Crippen molar-refractivity contribution < 1.29 is 19.2 Å². The van der Waals surface area contributed by atoms with E-state index in [0.29, 0.717) is 35.6 Å². The van der Waals surface area contributed by atoms with E-state index < -0.39 is 11.8 Å². The highest BCUT2D eigenvalue weighted by Crippen LogP contribution is 2.42. The quantitative estimate of drug-likeness (QED) is 0.171. The molecule has 46 heavy (non-hydrogen) atoms. The van der Waals surface area contributed by atoms with Crippen molar-refractivity contribution in [2.45, 2.75) is 39.5 Å². The normalized spacial score (nSPS) is 13.3. The van der Waals surface area contributed by atoms with Crippen molar-refractivity contribution in [2.75, 3.05) is 33.5 Å². The van der Waals surface area contributed by atoms with E-state index >= 15 is 0 Å². The van der Waals surface area contributed by atoms with E-state index in [-0.39, 0.29) is 23.2 Å². The van der Waals surface area contributed by atoms with Gasteiger partial charge in [0, 0.05) is 57.1 Å². The molecule has 0 radical (unpaired) electrons. The summed E-state index contributed by atoms with van der Waals surface area (Å²) in [5.41, 5.74) is 4.21. The first kappa shape index (κ1) is 29.2. The summed E-state index contributed by atoms with van der Waals surface area (Å²) in [7, 11) is 0. The Labute approximate surface area is 266 Å². The maximum Gasteiger partial charge on any atom is 0.274 e. The van der Waals surface area contributed by atoms with Gasteiger partial charge < -0.3 is 20.4 Å². The van der Waals surface area contributed by atoms with Gasteiger partial charge in [-0.15, -0.1) is 0 Å². The summed E-state index contributed by atoms with van der Waals surface area (Å²) in [5.74, 6) is -1.01. The number of nitrogens with zero attached hydrogens (tertiary/aromatic N) is 3. The molecule has 230 valence electrons. The highest BCUT2D eigenvalue weighted by atomic mass is 16.2. The zero-order chi connectivity index (χ0) is 31.9. The van der Waals surface area contributed by atoms with Crippen LogP contribution < -0.4 is 20.4 Å². The fourth-order valence-corrected chi connectivity index (χ4v) is 6.45. The van der Waals surface area contributed by atoms with Crippen LogP contribution in [0.3, 0.4) is 0 Å². The van der Waals surface area contributed by atoms with Crippen molar-refractivity contribution in [1.82, 2.24) is 4.98 Å². The Morgan fingerprint density at radius 2 is 1.04 bits per heavy atom. The van der Waals surface area contributed by atoms with E-state index in [9.17, 15) is 19.2 Å². The molecule has 9 nitrogen and oxygen atoms in total. The van der Waals surface area contributed by atoms with E-state index in [4.69, 9.17) is 0 Å². The van der Waals surface area contributed by atoms with Crippen LogP contribution in [0.1, 0.15) is 81.2 Å². The molecule has 2 aliphatic heterocycles. The third-order valence-electron chi connectivity index (χ3n) is 8.75. The Kier molecular flexibility index (Phi) is 7.44. The zero-order valence-corrected chi connectivity index (χ0v) is 25.7. The molecular formula is C37H33N5O4. The minimum Gasteiger partial charge on any atom is -0.320 e. The maximum atomic E-state index is 13.4. The van der Waals surface area contributed by atoms with E-state index in [2.05, 4.69) is 29.5 Å². The molecule has 4 amide bonds. The molecule has 2 N–H and O–H groups in total. The maximum absolute atomic E-state index is 13.4. The molecule has 3 heterocycles. The van der Waals surface area contributed by atoms with Gasteiger partial charge in [-0.3, -0.25) is 19.2 Å². The number of rotatable bonds is 10. The first-order valence-corrected chi connectivity index (χ1v) is 15.8. The molecule has 7 rings (SSSR count). The summed E-state index contributed by atoms with van der Waals surface area (Å²) >= 11 is 0. The topological polar surface area (TPSA) is 112 Å². The highest BCUT2D eigenvalue weighted by Gasteiger charge is 2.31. The van der Waals surface area contributed by atoms with E-state index in [0.717, 1.165) is 58.6 Å². The molecule has 0 bridgehead atoms. The number of hydrogen-bond acceptors (Lipinski definition) is 5.